The Morgan fingerprint density at radius 2 is 1.32 bits per heavy atom. The first-order chi connectivity index (χ1) is 17.3. The van der Waals surface area contributed by atoms with Gasteiger partial charge in [-0.3, -0.25) is 8.37 Å². The van der Waals surface area contributed by atoms with Crippen molar-refractivity contribution in [2.24, 2.45) is 0 Å². The van der Waals surface area contributed by atoms with Crippen molar-refractivity contribution in [2.45, 2.75) is 13.2 Å². The predicted octanol–water partition coefficient (Wildman–Crippen LogP) is 5.60. The third kappa shape index (κ3) is 9.42. The molecule has 0 spiro atoms. The van der Waals surface area contributed by atoms with E-state index in [9.17, 15) is 16.8 Å². The van der Waals surface area contributed by atoms with Gasteiger partial charge in [0.15, 0.2) is 11.5 Å². The van der Waals surface area contributed by atoms with Gasteiger partial charge in [-0.25, -0.2) is 0 Å². The van der Waals surface area contributed by atoms with Crippen LogP contribution in [-0.2, 0) is 41.8 Å². The van der Waals surface area contributed by atoms with Crippen molar-refractivity contribution >= 4 is 55.0 Å². The molecule has 198 valence electrons. The number of hydrogen-bond donors (Lipinski definition) is 0. The highest BCUT2D eigenvalue weighted by atomic mass is 35.5. The van der Waals surface area contributed by atoms with Crippen molar-refractivity contribution in [3.63, 3.8) is 0 Å². The van der Waals surface area contributed by atoms with Gasteiger partial charge in [-0.05, 0) is 24.3 Å². The van der Waals surface area contributed by atoms with Gasteiger partial charge in [0, 0.05) is 27.2 Å². The summed E-state index contributed by atoms with van der Waals surface area (Å²) in [7, 11) is -7.05. The van der Waals surface area contributed by atoms with Crippen LogP contribution in [0.3, 0.4) is 0 Å². The molecule has 0 unspecified atom stereocenters. The molecule has 0 N–H and O–H groups in total. The zero-order chi connectivity index (χ0) is 27.2. The Morgan fingerprint density at radius 3 is 1.92 bits per heavy atom. The third-order valence-corrected chi connectivity index (χ3v) is 6.24. The van der Waals surface area contributed by atoms with Crippen LogP contribution in [0.25, 0.3) is 22.6 Å². The Labute approximate surface area is 228 Å². The van der Waals surface area contributed by atoms with Gasteiger partial charge in [0.25, 0.3) is 20.2 Å². The van der Waals surface area contributed by atoms with E-state index in [-0.39, 0.29) is 23.9 Å². The summed E-state index contributed by atoms with van der Waals surface area (Å²) < 4.78 is 62.8. The van der Waals surface area contributed by atoms with E-state index in [1.807, 2.05) is 6.07 Å². The third-order valence-electron chi connectivity index (χ3n) is 4.29. The molecule has 0 saturated carbocycles. The predicted molar refractivity (Wildman–Crippen MR) is 138 cm³/mol. The number of aromatic nitrogens is 2. The van der Waals surface area contributed by atoms with Crippen LogP contribution in [0.4, 0.5) is 0 Å². The second-order valence-electron chi connectivity index (χ2n) is 7.41. The van der Waals surface area contributed by atoms with Gasteiger partial charge in [0.2, 0.25) is 0 Å². The van der Waals surface area contributed by atoms with E-state index in [1.54, 1.807) is 48.5 Å². The first kappa shape index (κ1) is 29.1. The molecule has 2 aromatic heterocycles. The molecule has 2 heterocycles. The molecule has 0 amide bonds. The second kappa shape index (κ2) is 12.4. The van der Waals surface area contributed by atoms with Crippen molar-refractivity contribution in [3.05, 3.63) is 81.1 Å². The molecule has 0 saturated heterocycles. The van der Waals surface area contributed by atoms with Crippen LogP contribution >= 0.6 is 34.8 Å². The lowest BCUT2D eigenvalue weighted by molar-refractivity contribution is 0.295. The van der Waals surface area contributed by atoms with E-state index in [0.717, 1.165) is 18.1 Å². The fourth-order valence-electron chi connectivity index (χ4n) is 2.70. The molecule has 0 fully saturated rings. The highest BCUT2D eigenvalue weighted by molar-refractivity contribution is 7.86. The minimum atomic E-state index is -3.56. The van der Waals surface area contributed by atoms with E-state index in [1.165, 1.54) is 0 Å². The van der Waals surface area contributed by atoms with Crippen LogP contribution in [0.2, 0.25) is 15.1 Å². The average molecular weight is 610 g/mol. The van der Waals surface area contributed by atoms with Crippen LogP contribution in [-0.4, -0.2) is 39.7 Å². The number of nitrogens with zero attached hydrogens (tertiary/aromatic N) is 2. The maximum Gasteiger partial charge on any atom is 0.264 e. The maximum absolute atomic E-state index is 10.9. The number of benzene rings is 2. The van der Waals surface area contributed by atoms with Crippen molar-refractivity contribution in [1.29, 1.82) is 0 Å². The van der Waals surface area contributed by atoms with Crippen LogP contribution in [0, 0.1) is 0 Å². The zero-order valence-electron chi connectivity index (χ0n) is 19.2. The normalized spacial score (nSPS) is 11.7. The van der Waals surface area contributed by atoms with E-state index in [2.05, 4.69) is 18.7 Å². The highest BCUT2D eigenvalue weighted by Crippen LogP contribution is 2.32. The summed E-state index contributed by atoms with van der Waals surface area (Å²) in [6, 6.07) is 15.5. The number of hydrogen-bond acceptors (Lipinski definition) is 10. The summed E-state index contributed by atoms with van der Waals surface area (Å²) in [5.41, 5.74) is 2.02. The first-order valence-corrected chi connectivity index (χ1v) is 14.9. The summed E-state index contributed by atoms with van der Waals surface area (Å²) in [5, 5.41) is 8.71. The van der Waals surface area contributed by atoms with Gasteiger partial charge in [0.1, 0.15) is 29.6 Å². The minimum absolute atomic E-state index is 0.150. The number of halogens is 3. The molecular formula is C22H19Cl3N2O8S2. The van der Waals surface area contributed by atoms with Crippen LogP contribution in [0.5, 0.6) is 0 Å². The maximum atomic E-state index is 10.9. The second-order valence-corrected chi connectivity index (χ2v) is 11.9. The highest BCUT2D eigenvalue weighted by Gasteiger charge is 2.17. The molecule has 0 radical (unpaired) electrons. The van der Waals surface area contributed by atoms with Crippen molar-refractivity contribution < 1.29 is 34.2 Å². The Balaban J connectivity index is 0.000000206. The fraction of sp³-hybridized carbons (Fsp3) is 0.182. The zero-order valence-corrected chi connectivity index (χ0v) is 23.1. The molecule has 0 bridgehead atoms. The molecular weight excluding hydrogens is 591 g/mol. The van der Waals surface area contributed by atoms with Gasteiger partial charge >= 0.3 is 0 Å². The molecule has 15 heteroatoms. The summed E-state index contributed by atoms with van der Waals surface area (Å²) in [5.74, 6) is 0.820. The molecule has 0 aliphatic heterocycles. The fourth-order valence-corrected chi connectivity index (χ4v) is 3.97. The van der Waals surface area contributed by atoms with Gasteiger partial charge in [-0.1, -0.05) is 69.4 Å². The van der Waals surface area contributed by atoms with Crippen LogP contribution in [0.1, 0.15) is 11.4 Å². The Kier molecular flexibility index (Phi) is 9.75. The molecule has 0 atom stereocenters. The average Bonchev–Trinajstić information content (AvgIpc) is 3.43. The standard InChI is InChI=1S/C11H9Cl2NO4S.C11H10ClNO4S/c1-19(15,16)17-6-9-10(13)11(18-14-9)7-3-2-4-8(12)5-7;1-18(14,15)16-7-10-6-11(17-13-10)8-3-2-4-9(12)5-8/h2-5H,6H2,1H3;2-6H,7H2,1H3. The lowest BCUT2D eigenvalue weighted by Crippen LogP contribution is -2.03. The van der Waals surface area contributed by atoms with Crippen molar-refractivity contribution in [2.75, 3.05) is 12.5 Å². The number of rotatable bonds is 8. The molecule has 37 heavy (non-hydrogen) atoms. The molecule has 10 nitrogen and oxygen atoms in total. The van der Waals surface area contributed by atoms with Crippen molar-refractivity contribution in [3.8, 4) is 22.6 Å². The topological polar surface area (TPSA) is 139 Å². The van der Waals surface area contributed by atoms with E-state index in [0.29, 0.717) is 32.8 Å². The summed E-state index contributed by atoms with van der Waals surface area (Å²) in [6.45, 7) is -0.426. The summed E-state index contributed by atoms with van der Waals surface area (Å²) in [6.07, 6.45) is 1.92. The largest absolute Gasteiger partial charge is 0.356 e. The van der Waals surface area contributed by atoms with Gasteiger partial charge in [0.05, 0.1) is 12.5 Å². The smallest absolute Gasteiger partial charge is 0.264 e. The molecule has 4 rings (SSSR count). The minimum Gasteiger partial charge on any atom is -0.356 e. The monoisotopic (exact) mass is 608 g/mol. The Bertz CT molecular complexity index is 1580. The van der Waals surface area contributed by atoms with Gasteiger partial charge in [-0.2, -0.15) is 16.8 Å². The summed E-state index contributed by atoms with van der Waals surface area (Å²) >= 11 is 17.8. The lowest BCUT2D eigenvalue weighted by atomic mass is 10.1. The Morgan fingerprint density at radius 1 is 0.757 bits per heavy atom. The van der Waals surface area contributed by atoms with Crippen molar-refractivity contribution in [1.82, 2.24) is 10.3 Å². The molecule has 4 aromatic rings. The van der Waals surface area contributed by atoms with E-state index < -0.39 is 20.2 Å². The Hall–Kier alpha value is -2.45. The SMILES string of the molecule is CS(=O)(=O)OCc1cc(-c2cccc(Cl)c2)on1.CS(=O)(=O)OCc1noc(-c2cccc(Cl)c2)c1Cl. The first-order valence-electron chi connectivity index (χ1n) is 10.1. The van der Waals surface area contributed by atoms with E-state index in [4.69, 9.17) is 43.8 Å². The van der Waals surface area contributed by atoms with E-state index >= 15 is 0 Å². The van der Waals surface area contributed by atoms with Gasteiger partial charge < -0.3 is 9.05 Å². The quantitative estimate of drug-likeness (QED) is 0.232. The molecule has 0 aliphatic rings. The molecule has 0 aliphatic carbocycles. The lowest BCUT2D eigenvalue weighted by Gasteiger charge is -1.98. The van der Waals surface area contributed by atoms with Gasteiger partial charge in [-0.15, -0.1) is 0 Å². The van der Waals surface area contributed by atoms with Crippen LogP contribution < -0.4 is 0 Å². The molecule has 2 aromatic carbocycles. The van der Waals surface area contributed by atoms with Crippen LogP contribution in [0.15, 0.2) is 63.6 Å². The summed E-state index contributed by atoms with van der Waals surface area (Å²) in [4.78, 5) is 0.